The lowest BCUT2D eigenvalue weighted by Gasteiger charge is -2.49. The van der Waals surface area contributed by atoms with Crippen LogP contribution in [0, 0.1) is 0 Å². The van der Waals surface area contributed by atoms with Crippen molar-refractivity contribution in [3.63, 3.8) is 0 Å². The third-order valence-corrected chi connectivity index (χ3v) is 7.92. The second kappa shape index (κ2) is 8.61. The summed E-state index contributed by atoms with van der Waals surface area (Å²) in [6.07, 6.45) is -2.41. The third-order valence-electron chi connectivity index (χ3n) is 6.16. The lowest BCUT2D eigenvalue weighted by molar-refractivity contribution is -0.320. The van der Waals surface area contributed by atoms with Crippen LogP contribution >= 0.6 is 0 Å². The number of rotatable bonds is 4. The second-order valence-electron chi connectivity index (χ2n) is 8.31. The Kier molecular flexibility index (Phi) is 5.85. The predicted molar refractivity (Wildman–Crippen MR) is 111 cm³/mol. The van der Waals surface area contributed by atoms with Gasteiger partial charge < -0.3 is 24.1 Å². The fourth-order valence-electron chi connectivity index (χ4n) is 4.53. The Morgan fingerprint density at radius 3 is 2.19 bits per heavy atom. The van der Waals surface area contributed by atoms with Gasteiger partial charge in [-0.1, -0.05) is 48.5 Å². The summed E-state index contributed by atoms with van der Waals surface area (Å²) < 4.78 is 49.7. The van der Waals surface area contributed by atoms with Crippen molar-refractivity contribution < 1.29 is 32.5 Å². The smallest absolute Gasteiger partial charge is 0.184 e. The summed E-state index contributed by atoms with van der Waals surface area (Å²) >= 11 is 0. The van der Waals surface area contributed by atoms with Crippen LogP contribution in [-0.4, -0.2) is 62.5 Å². The van der Waals surface area contributed by atoms with Crippen molar-refractivity contribution in [1.82, 2.24) is 0 Å². The van der Waals surface area contributed by atoms with E-state index in [0.717, 1.165) is 5.56 Å². The van der Waals surface area contributed by atoms with Crippen molar-refractivity contribution in [1.29, 1.82) is 0 Å². The minimum Gasteiger partial charge on any atom is -0.390 e. The Morgan fingerprint density at radius 2 is 1.45 bits per heavy atom. The Hall–Kier alpha value is -1.81. The van der Waals surface area contributed by atoms with Crippen molar-refractivity contribution in [3.05, 3.63) is 66.2 Å². The monoisotopic (exact) mass is 446 g/mol. The number of aliphatic hydroxyl groups is 1. The van der Waals surface area contributed by atoms with Crippen LogP contribution in [0.1, 0.15) is 24.7 Å². The van der Waals surface area contributed by atoms with Crippen molar-refractivity contribution in [3.8, 4) is 0 Å². The van der Waals surface area contributed by atoms with Crippen LogP contribution in [-0.2, 0) is 28.8 Å². The summed E-state index contributed by atoms with van der Waals surface area (Å²) in [4.78, 5) is 0.228. The summed E-state index contributed by atoms with van der Waals surface area (Å²) in [5, 5.41) is 10.6. The molecule has 0 spiro atoms. The van der Waals surface area contributed by atoms with E-state index in [1.807, 2.05) is 30.3 Å². The molecule has 0 radical (unpaired) electrons. The molecule has 3 aliphatic heterocycles. The second-order valence-corrected chi connectivity index (χ2v) is 10.3. The highest BCUT2D eigenvalue weighted by Gasteiger charge is 2.48. The van der Waals surface area contributed by atoms with E-state index < -0.39 is 28.3 Å². The summed E-state index contributed by atoms with van der Waals surface area (Å²) in [6, 6.07) is 18.0. The number of hydrogen-bond acceptors (Lipinski definition) is 7. The van der Waals surface area contributed by atoms with Crippen LogP contribution in [0.5, 0.6) is 0 Å². The van der Waals surface area contributed by atoms with Crippen LogP contribution in [0.2, 0.25) is 0 Å². The van der Waals surface area contributed by atoms with Gasteiger partial charge in [-0.25, -0.2) is 8.42 Å². The zero-order valence-electron chi connectivity index (χ0n) is 16.9. The zero-order chi connectivity index (χ0) is 21.4. The van der Waals surface area contributed by atoms with E-state index in [1.165, 1.54) is 0 Å². The highest BCUT2D eigenvalue weighted by molar-refractivity contribution is 7.91. The van der Waals surface area contributed by atoms with Gasteiger partial charge in [-0.3, -0.25) is 0 Å². The van der Waals surface area contributed by atoms with Gasteiger partial charge in [0.1, 0.15) is 6.10 Å². The molecule has 0 aliphatic carbocycles. The predicted octanol–water partition coefficient (Wildman–Crippen LogP) is 2.25. The number of ether oxygens (including phenoxy) is 4. The molecule has 3 saturated heterocycles. The molecule has 3 fully saturated rings. The number of sulfone groups is 1. The van der Waals surface area contributed by atoms with Gasteiger partial charge in [-0.05, 0) is 12.1 Å². The largest absolute Gasteiger partial charge is 0.390 e. The first-order chi connectivity index (χ1) is 15.0. The van der Waals surface area contributed by atoms with Gasteiger partial charge in [-0.2, -0.15) is 0 Å². The molecule has 0 amide bonds. The van der Waals surface area contributed by atoms with Crippen molar-refractivity contribution >= 4 is 9.84 Å². The van der Waals surface area contributed by atoms with Crippen LogP contribution < -0.4 is 0 Å². The maximum absolute atomic E-state index is 12.8. The topological polar surface area (TPSA) is 91.3 Å². The molecule has 1 N–H and O–H groups in total. The number of aliphatic hydroxyl groups excluding tert-OH is 1. The molecule has 8 heteroatoms. The number of hydrogen-bond donors (Lipinski definition) is 1. The molecular formula is C23H26O7S. The first kappa shape index (κ1) is 21.1. The molecule has 7 atom stereocenters. The molecule has 0 bridgehead atoms. The molecular weight excluding hydrogens is 420 g/mol. The molecule has 2 aromatic carbocycles. The van der Waals surface area contributed by atoms with E-state index in [0.29, 0.717) is 19.4 Å². The number of fused-ring (bicyclic) bond motifs is 2. The molecule has 7 nitrogen and oxygen atoms in total. The van der Waals surface area contributed by atoms with Gasteiger partial charge in [0.05, 0.1) is 47.8 Å². The first-order valence-electron chi connectivity index (χ1n) is 10.6. The SMILES string of the molecule is O=S(=O)(C[C@@H]1O[C@@H]2C[C@@H]3OC(c4ccccc4)OC[C@H]3O[C@H]2C[C@H]1O)c1ccccc1. The van der Waals surface area contributed by atoms with Crippen molar-refractivity contribution in [2.45, 2.75) is 60.7 Å². The Labute approximate surface area is 181 Å². The fraction of sp³-hybridized carbons (Fsp3) is 0.478. The van der Waals surface area contributed by atoms with Gasteiger partial charge in [-0.15, -0.1) is 0 Å². The van der Waals surface area contributed by atoms with E-state index in [1.54, 1.807) is 30.3 Å². The average molecular weight is 447 g/mol. The molecule has 166 valence electrons. The highest BCUT2D eigenvalue weighted by Crippen LogP contribution is 2.38. The quantitative estimate of drug-likeness (QED) is 0.770. The molecule has 3 heterocycles. The Morgan fingerprint density at radius 1 is 0.806 bits per heavy atom. The average Bonchev–Trinajstić information content (AvgIpc) is 2.79. The molecule has 31 heavy (non-hydrogen) atoms. The Bertz CT molecular complexity index is 981. The minimum absolute atomic E-state index is 0.221. The standard InChI is InChI=1S/C23H26O7S/c24-17-11-18-19(29-22(17)14-31(25,26)16-9-5-2-6-10-16)12-20-21(28-18)13-27-23(30-20)15-7-3-1-4-8-15/h1-10,17-24H,11-14H2/t17-,18+,19-,20+,21-,22+,23?/m1/s1. The van der Waals surface area contributed by atoms with Crippen LogP contribution in [0.3, 0.4) is 0 Å². The zero-order valence-corrected chi connectivity index (χ0v) is 17.8. The van der Waals surface area contributed by atoms with Crippen LogP contribution in [0.15, 0.2) is 65.6 Å². The molecule has 5 rings (SSSR count). The van der Waals surface area contributed by atoms with E-state index in [-0.39, 0.29) is 35.1 Å². The minimum atomic E-state index is -3.58. The normalized spacial score (nSPS) is 35.7. The molecule has 0 aromatic heterocycles. The fourth-order valence-corrected chi connectivity index (χ4v) is 6.03. The lowest BCUT2D eigenvalue weighted by Crippen LogP contribution is -2.59. The first-order valence-corrected chi connectivity index (χ1v) is 12.2. The Balaban J connectivity index is 1.26. The highest BCUT2D eigenvalue weighted by atomic mass is 32.2. The summed E-state index contributed by atoms with van der Waals surface area (Å²) in [6.45, 7) is 0.398. The van der Waals surface area contributed by atoms with Gasteiger partial charge in [0.15, 0.2) is 16.1 Å². The maximum Gasteiger partial charge on any atom is 0.184 e. The van der Waals surface area contributed by atoms with Crippen molar-refractivity contribution in [2.75, 3.05) is 12.4 Å². The van der Waals surface area contributed by atoms with Crippen LogP contribution in [0.4, 0.5) is 0 Å². The van der Waals surface area contributed by atoms with E-state index >= 15 is 0 Å². The van der Waals surface area contributed by atoms with E-state index in [9.17, 15) is 13.5 Å². The summed E-state index contributed by atoms with van der Waals surface area (Å²) in [7, 11) is -3.58. The lowest BCUT2D eigenvalue weighted by atomic mass is 9.90. The van der Waals surface area contributed by atoms with E-state index in [4.69, 9.17) is 18.9 Å². The van der Waals surface area contributed by atoms with Crippen LogP contribution in [0.25, 0.3) is 0 Å². The van der Waals surface area contributed by atoms with Gasteiger partial charge in [0, 0.05) is 18.4 Å². The third kappa shape index (κ3) is 4.41. The van der Waals surface area contributed by atoms with Crippen molar-refractivity contribution in [2.24, 2.45) is 0 Å². The molecule has 3 aliphatic rings. The maximum atomic E-state index is 12.8. The van der Waals surface area contributed by atoms with Gasteiger partial charge >= 0.3 is 0 Å². The van der Waals surface area contributed by atoms with Gasteiger partial charge in [0.25, 0.3) is 0 Å². The number of benzene rings is 2. The van der Waals surface area contributed by atoms with Gasteiger partial charge in [0.2, 0.25) is 0 Å². The summed E-state index contributed by atoms with van der Waals surface area (Å²) in [5.74, 6) is -0.272. The van der Waals surface area contributed by atoms with E-state index in [2.05, 4.69) is 0 Å². The molecule has 1 unspecified atom stereocenters. The summed E-state index contributed by atoms with van der Waals surface area (Å²) in [5.41, 5.74) is 0.940. The molecule has 2 aromatic rings. The molecule has 0 saturated carbocycles.